The summed E-state index contributed by atoms with van der Waals surface area (Å²) in [5.74, 6) is -3.98. The summed E-state index contributed by atoms with van der Waals surface area (Å²) in [6.07, 6.45) is -5.09. The van der Waals surface area contributed by atoms with E-state index in [0.29, 0.717) is 0 Å². The molecule has 40 heavy (non-hydrogen) atoms. The topological polar surface area (TPSA) is 120 Å². The molecule has 0 atom stereocenters. The van der Waals surface area contributed by atoms with E-state index in [9.17, 15) is 22.8 Å². The number of H-pyrrole nitrogens is 1. The molecule has 0 fully saturated rings. The first-order chi connectivity index (χ1) is 18.8. The molecule has 0 aliphatic rings. The van der Waals surface area contributed by atoms with Crippen molar-refractivity contribution >= 4 is 46.7 Å². The third-order valence-electron chi connectivity index (χ3n) is 5.07. The Morgan fingerprint density at radius 3 is 2.60 bits per heavy atom. The Kier molecular flexibility index (Phi) is 10.2. The maximum Gasteiger partial charge on any atom is 0.490 e. The van der Waals surface area contributed by atoms with Crippen molar-refractivity contribution in [3.63, 3.8) is 0 Å². The molecular formula is C24H18Cl3F4N5O4. The van der Waals surface area contributed by atoms with Crippen molar-refractivity contribution in [3.8, 4) is 17.6 Å². The molecule has 0 bridgehead atoms. The van der Waals surface area contributed by atoms with Crippen LogP contribution >= 0.6 is 34.8 Å². The van der Waals surface area contributed by atoms with E-state index in [1.807, 2.05) is 6.07 Å². The second-order valence-electron chi connectivity index (χ2n) is 8.14. The maximum atomic E-state index is 15.2. The molecule has 0 aliphatic heterocycles. The normalized spacial score (nSPS) is 11.3. The number of carbonyl (C=O) groups excluding carboxylic acids is 2. The number of imidazole rings is 1. The molecule has 0 radical (unpaired) electrons. The van der Waals surface area contributed by atoms with Crippen LogP contribution in [0, 0.1) is 17.1 Å². The number of hydrogen-bond donors (Lipinski definition) is 2. The molecule has 0 aliphatic carbocycles. The monoisotopic (exact) mass is 621 g/mol. The molecule has 0 saturated carbocycles. The first kappa shape index (κ1) is 31.0. The lowest BCUT2D eigenvalue weighted by atomic mass is 10.2. The molecule has 1 heterocycles. The van der Waals surface area contributed by atoms with Crippen LogP contribution in [0.15, 0.2) is 30.3 Å². The molecule has 0 spiro atoms. The van der Waals surface area contributed by atoms with E-state index in [4.69, 9.17) is 44.8 Å². The number of likely N-dealkylation sites (N-methyl/N-ethyl adjacent to an activating group) is 1. The van der Waals surface area contributed by atoms with Crippen molar-refractivity contribution in [2.45, 2.75) is 19.3 Å². The SMILES string of the molecule is CN(CCOC(=O)C(F)(F)F)Cc1nc(C(=O)NCc2ccc(Cl)c(Oc3cc(Cl)cc(C#N)c3)c2F)c(Cl)[nH]1. The van der Waals surface area contributed by atoms with E-state index < -0.39 is 30.5 Å². The van der Waals surface area contributed by atoms with Crippen molar-refractivity contribution in [2.75, 3.05) is 20.2 Å². The van der Waals surface area contributed by atoms with Gasteiger partial charge in [0.05, 0.1) is 23.2 Å². The Morgan fingerprint density at radius 2 is 1.93 bits per heavy atom. The third-order valence-corrected chi connectivity index (χ3v) is 5.86. The lowest BCUT2D eigenvalue weighted by molar-refractivity contribution is -0.199. The predicted octanol–water partition coefficient (Wildman–Crippen LogP) is 5.64. The van der Waals surface area contributed by atoms with Crippen LogP contribution in [-0.2, 0) is 22.6 Å². The van der Waals surface area contributed by atoms with Crippen LogP contribution < -0.4 is 10.1 Å². The Labute approximate surface area is 239 Å². The summed E-state index contributed by atoms with van der Waals surface area (Å²) in [6, 6.07) is 8.71. The van der Waals surface area contributed by atoms with E-state index in [1.165, 1.54) is 42.3 Å². The van der Waals surface area contributed by atoms with Gasteiger partial charge in [-0.05, 0) is 31.3 Å². The highest BCUT2D eigenvalue weighted by atomic mass is 35.5. The van der Waals surface area contributed by atoms with E-state index >= 15 is 4.39 Å². The van der Waals surface area contributed by atoms with Crippen LogP contribution in [-0.4, -0.2) is 53.1 Å². The summed E-state index contributed by atoms with van der Waals surface area (Å²) >= 11 is 18.1. The van der Waals surface area contributed by atoms with Gasteiger partial charge in [0.15, 0.2) is 17.3 Å². The summed E-state index contributed by atoms with van der Waals surface area (Å²) in [6.45, 7) is -0.860. The van der Waals surface area contributed by atoms with Gasteiger partial charge in [0.25, 0.3) is 5.91 Å². The van der Waals surface area contributed by atoms with E-state index in [2.05, 4.69) is 20.0 Å². The molecule has 212 valence electrons. The predicted molar refractivity (Wildman–Crippen MR) is 136 cm³/mol. The van der Waals surface area contributed by atoms with Gasteiger partial charge >= 0.3 is 12.1 Å². The zero-order valence-electron chi connectivity index (χ0n) is 20.3. The maximum absolute atomic E-state index is 15.2. The molecule has 1 amide bonds. The fourth-order valence-corrected chi connectivity index (χ4v) is 3.85. The molecule has 9 nitrogen and oxygen atoms in total. The van der Waals surface area contributed by atoms with Gasteiger partial charge in [-0.15, -0.1) is 0 Å². The van der Waals surface area contributed by atoms with Gasteiger partial charge < -0.3 is 19.8 Å². The Hall–Kier alpha value is -3.57. The molecule has 2 N–H and O–H groups in total. The first-order valence-corrected chi connectivity index (χ1v) is 12.2. The summed E-state index contributed by atoms with van der Waals surface area (Å²) in [7, 11) is 1.52. The van der Waals surface area contributed by atoms with Gasteiger partial charge in [0, 0.05) is 23.7 Å². The number of nitrogens with one attached hydrogen (secondary N) is 2. The molecule has 3 rings (SSSR count). The number of nitriles is 1. The Bertz CT molecular complexity index is 1460. The number of alkyl halides is 3. The fraction of sp³-hybridized carbons (Fsp3) is 0.250. The van der Waals surface area contributed by atoms with Crippen LogP contribution in [0.5, 0.6) is 11.5 Å². The second-order valence-corrected chi connectivity index (χ2v) is 9.36. The molecule has 1 aromatic heterocycles. The number of aromatic amines is 1. The largest absolute Gasteiger partial charge is 0.490 e. The van der Waals surface area contributed by atoms with Gasteiger partial charge in [-0.2, -0.15) is 18.4 Å². The first-order valence-electron chi connectivity index (χ1n) is 11.1. The van der Waals surface area contributed by atoms with Gasteiger partial charge in [-0.25, -0.2) is 14.2 Å². The highest BCUT2D eigenvalue weighted by Gasteiger charge is 2.40. The number of halogens is 7. The van der Waals surface area contributed by atoms with Crippen molar-refractivity contribution in [2.24, 2.45) is 0 Å². The quantitative estimate of drug-likeness (QED) is 0.222. The number of hydrogen-bond acceptors (Lipinski definition) is 7. The fourth-order valence-electron chi connectivity index (χ4n) is 3.20. The number of carbonyl (C=O) groups is 2. The van der Waals surface area contributed by atoms with Crippen molar-refractivity contribution < 1.29 is 36.6 Å². The highest BCUT2D eigenvalue weighted by Crippen LogP contribution is 2.35. The smallest absolute Gasteiger partial charge is 0.458 e. The van der Waals surface area contributed by atoms with Gasteiger partial charge in [-0.1, -0.05) is 40.9 Å². The minimum Gasteiger partial charge on any atom is -0.458 e. The van der Waals surface area contributed by atoms with Crippen LogP contribution in [0.3, 0.4) is 0 Å². The standard InChI is InChI=1S/C24H18Cl3F4N5O4/c1-36(4-5-39-23(38)24(29,30)31)11-17-34-19(21(27)35-17)22(37)33-10-13-2-3-16(26)20(18(13)28)40-15-7-12(9-32)6-14(25)8-15/h2-3,6-8H,4-5,10-11H2,1H3,(H,33,37)(H,34,35). The molecule has 0 saturated heterocycles. The number of aromatic nitrogens is 2. The van der Waals surface area contributed by atoms with Crippen LogP contribution in [0.2, 0.25) is 15.2 Å². The lowest BCUT2D eigenvalue weighted by Gasteiger charge is -2.15. The van der Waals surface area contributed by atoms with Crippen molar-refractivity contribution in [3.05, 3.63) is 74.0 Å². The van der Waals surface area contributed by atoms with E-state index in [-0.39, 0.29) is 69.0 Å². The zero-order chi connectivity index (χ0) is 29.6. The summed E-state index contributed by atoms with van der Waals surface area (Å²) < 4.78 is 61.5. The van der Waals surface area contributed by atoms with Gasteiger partial charge in [-0.3, -0.25) is 9.69 Å². The number of amides is 1. The minimum atomic E-state index is -5.09. The van der Waals surface area contributed by atoms with Crippen molar-refractivity contribution in [1.82, 2.24) is 20.2 Å². The van der Waals surface area contributed by atoms with Crippen LogP contribution in [0.4, 0.5) is 17.6 Å². The summed E-state index contributed by atoms with van der Waals surface area (Å²) in [5, 5.41) is 11.6. The number of esters is 1. The Morgan fingerprint density at radius 1 is 1.20 bits per heavy atom. The number of rotatable bonds is 10. The Balaban J connectivity index is 1.62. The van der Waals surface area contributed by atoms with Gasteiger partial charge in [0.2, 0.25) is 0 Å². The lowest BCUT2D eigenvalue weighted by Crippen LogP contribution is -2.30. The summed E-state index contributed by atoms with van der Waals surface area (Å²) in [4.78, 5) is 31.6. The molecule has 2 aromatic carbocycles. The third kappa shape index (κ3) is 8.22. The molecule has 16 heteroatoms. The van der Waals surface area contributed by atoms with Crippen LogP contribution in [0.25, 0.3) is 0 Å². The molecule has 3 aromatic rings. The van der Waals surface area contributed by atoms with Crippen LogP contribution in [0.1, 0.15) is 27.4 Å². The van der Waals surface area contributed by atoms with Gasteiger partial charge in [0.1, 0.15) is 23.3 Å². The molecule has 0 unspecified atom stereocenters. The number of ether oxygens (including phenoxy) is 2. The highest BCUT2D eigenvalue weighted by molar-refractivity contribution is 6.32. The minimum absolute atomic E-state index is 0.00954. The number of benzene rings is 2. The number of nitrogens with zero attached hydrogens (tertiary/aromatic N) is 3. The van der Waals surface area contributed by atoms with E-state index in [0.717, 1.165) is 0 Å². The average Bonchev–Trinajstić information content (AvgIpc) is 3.24. The zero-order valence-corrected chi connectivity index (χ0v) is 22.6. The van der Waals surface area contributed by atoms with E-state index in [1.54, 1.807) is 0 Å². The average molecular weight is 623 g/mol. The second kappa shape index (κ2) is 13.2. The van der Waals surface area contributed by atoms with Crippen molar-refractivity contribution in [1.29, 1.82) is 5.26 Å². The molecular weight excluding hydrogens is 605 g/mol. The summed E-state index contributed by atoms with van der Waals surface area (Å²) in [5.41, 5.74) is -0.00791.